The number of rotatable bonds is 3. The summed E-state index contributed by atoms with van der Waals surface area (Å²) in [5, 5.41) is 2.90. The molecule has 1 N–H and O–H groups in total. The molecule has 5 heteroatoms. The topological polar surface area (TPSA) is 12.0 Å². The lowest BCUT2D eigenvalue weighted by Gasteiger charge is -2.18. The van der Waals surface area contributed by atoms with Crippen molar-refractivity contribution >= 4 is 15.9 Å². The summed E-state index contributed by atoms with van der Waals surface area (Å²) in [4.78, 5) is 0. The Hall–Kier alpha value is -1.33. The second-order valence-electron chi connectivity index (χ2n) is 4.06. The summed E-state index contributed by atoms with van der Waals surface area (Å²) in [5.74, 6) is -1.74. The molecule has 0 bridgehead atoms. The minimum Gasteiger partial charge on any atom is -0.309 e. The van der Waals surface area contributed by atoms with Crippen LogP contribution < -0.4 is 5.32 Å². The van der Waals surface area contributed by atoms with Crippen LogP contribution >= 0.6 is 15.9 Å². The molecule has 0 heterocycles. The van der Waals surface area contributed by atoms with Gasteiger partial charge in [-0.1, -0.05) is 12.1 Å². The smallest absolute Gasteiger partial charge is 0.137 e. The van der Waals surface area contributed by atoms with E-state index in [9.17, 15) is 13.2 Å². The highest BCUT2D eigenvalue weighted by Crippen LogP contribution is 2.27. The summed E-state index contributed by atoms with van der Waals surface area (Å²) in [6.07, 6.45) is 0. The molecule has 0 saturated heterocycles. The predicted octanol–water partition coefficient (Wildman–Crippen LogP) is 4.18. The lowest BCUT2D eigenvalue weighted by Crippen LogP contribution is -2.19. The maximum atomic E-state index is 13.8. The average Bonchev–Trinajstić information content (AvgIpc) is 2.37. The molecule has 0 amide bonds. The van der Waals surface area contributed by atoms with Crippen LogP contribution in [-0.4, -0.2) is 7.05 Å². The second-order valence-corrected chi connectivity index (χ2v) is 4.92. The molecule has 0 aliphatic carbocycles. The molecule has 2 aromatic carbocycles. The van der Waals surface area contributed by atoms with Crippen molar-refractivity contribution in [2.45, 2.75) is 6.04 Å². The SMILES string of the molecule is CNC(c1ccc(Br)c(F)c1)c1ccc(F)cc1F. The van der Waals surface area contributed by atoms with Gasteiger partial charge >= 0.3 is 0 Å². The Morgan fingerprint density at radius 1 is 1.00 bits per heavy atom. The van der Waals surface area contributed by atoms with Gasteiger partial charge < -0.3 is 5.32 Å². The van der Waals surface area contributed by atoms with E-state index >= 15 is 0 Å². The zero-order valence-corrected chi connectivity index (χ0v) is 11.6. The van der Waals surface area contributed by atoms with Crippen molar-refractivity contribution in [3.05, 3.63) is 69.4 Å². The summed E-state index contributed by atoms with van der Waals surface area (Å²) >= 11 is 3.06. The second kappa shape index (κ2) is 5.75. The Morgan fingerprint density at radius 3 is 2.32 bits per heavy atom. The monoisotopic (exact) mass is 329 g/mol. The zero-order chi connectivity index (χ0) is 14.0. The number of hydrogen-bond donors (Lipinski definition) is 1. The summed E-state index contributed by atoms with van der Waals surface area (Å²) in [6, 6.07) is 7.35. The van der Waals surface area contributed by atoms with Crippen LogP contribution in [0.2, 0.25) is 0 Å². The minimum atomic E-state index is -0.664. The first-order chi connectivity index (χ1) is 9.02. The molecule has 0 fully saturated rings. The molecule has 2 rings (SSSR count). The molecule has 0 aliphatic heterocycles. The normalized spacial score (nSPS) is 12.5. The Balaban J connectivity index is 2.46. The van der Waals surface area contributed by atoms with E-state index in [0.29, 0.717) is 10.0 Å². The molecule has 0 radical (unpaired) electrons. The highest BCUT2D eigenvalue weighted by Gasteiger charge is 2.17. The van der Waals surface area contributed by atoms with Crippen molar-refractivity contribution in [1.29, 1.82) is 0 Å². The van der Waals surface area contributed by atoms with Crippen LogP contribution in [0.5, 0.6) is 0 Å². The number of hydrogen-bond acceptors (Lipinski definition) is 1. The van der Waals surface area contributed by atoms with E-state index in [2.05, 4.69) is 21.2 Å². The van der Waals surface area contributed by atoms with Gasteiger partial charge in [0.25, 0.3) is 0 Å². The van der Waals surface area contributed by atoms with Gasteiger partial charge in [0.1, 0.15) is 17.5 Å². The van der Waals surface area contributed by atoms with Crippen LogP contribution in [0.15, 0.2) is 40.9 Å². The van der Waals surface area contributed by atoms with Crippen molar-refractivity contribution in [2.24, 2.45) is 0 Å². The fraction of sp³-hybridized carbons (Fsp3) is 0.143. The van der Waals surface area contributed by atoms with Crippen molar-refractivity contribution in [1.82, 2.24) is 5.32 Å². The summed E-state index contributed by atoms with van der Waals surface area (Å²) < 4.78 is 40.5. The Kier molecular flexibility index (Phi) is 4.27. The van der Waals surface area contributed by atoms with Crippen molar-refractivity contribution in [2.75, 3.05) is 7.05 Å². The molecular formula is C14H11BrF3N. The van der Waals surface area contributed by atoms with Gasteiger partial charge in [0.05, 0.1) is 10.5 Å². The van der Waals surface area contributed by atoms with Gasteiger partial charge in [-0.25, -0.2) is 13.2 Å². The summed E-state index contributed by atoms with van der Waals surface area (Å²) in [6.45, 7) is 0. The first-order valence-electron chi connectivity index (χ1n) is 5.60. The van der Waals surface area contributed by atoms with E-state index in [1.54, 1.807) is 19.2 Å². The molecule has 100 valence electrons. The van der Waals surface area contributed by atoms with E-state index in [4.69, 9.17) is 0 Å². The van der Waals surface area contributed by atoms with Crippen molar-refractivity contribution < 1.29 is 13.2 Å². The van der Waals surface area contributed by atoms with Crippen LogP contribution in [-0.2, 0) is 0 Å². The molecule has 0 aromatic heterocycles. The number of benzene rings is 2. The molecule has 1 atom stereocenters. The quantitative estimate of drug-likeness (QED) is 0.890. The summed E-state index contributed by atoms with van der Waals surface area (Å²) in [5.41, 5.74) is 0.833. The molecule has 0 saturated carbocycles. The molecule has 1 unspecified atom stereocenters. The molecule has 2 aromatic rings. The van der Waals surface area contributed by atoms with Gasteiger partial charge in [-0.15, -0.1) is 0 Å². The van der Waals surface area contributed by atoms with Gasteiger partial charge in [-0.05, 0) is 46.7 Å². The first kappa shape index (κ1) is 14.1. The fourth-order valence-electron chi connectivity index (χ4n) is 1.93. The van der Waals surface area contributed by atoms with E-state index in [0.717, 1.165) is 6.07 Å². The first-order valence-corrected chi connectivity index (χ1v) is 6.39. The predicted molar refractivity (Wildman–Crippen MR) is 71.4 cm³/mol. The highest BCUT2D eigenvalue weighted by molar-refractivity contribution is 9.10. The maximum Gasteiger partial charge on any atom is 0.137 e. The standard InChI is InChI=1S/C14H11BrF3N/c1-19-14(8-2-5-11(15)13(18)6-8)10-4-3-9(16)7-12(10)17/h2-7,14,19H,1H3. The van der Waals surface area contributed by atoms with Crippen LogP contribution in [0.3, 0.4) is 0 Å². The highest BCUT2D eigenvalue weighted by atomic mass is 79.9. The molecule has 0 aliphatic rings. The van der Waals surface area contributed by atoms with Gasteiger partial charge in [-0.3, -0.25) is 0 Å². The van der Waals surface area contributed by atoms with E-state index in [1.807, 2.05) is 0 Å². The van der Waals surface area contributed by atoms with Crippen LogP contribution in [0, 0.1) is 17.5 Å². The van der Waals surface area contributed by atoms with Crippen molar-refractivity contribution in [3.63, 3.8) is 0 Å². The van der Waals surface area contributed by atoms with Gasteiger partial charge in [0.2, 0.25) is 0 Å². The van der Waals surface area contributed by atoms with Gasteiger partial charge in [-0.2, -0.15) is 0 Å². The van der Waals surface area contributed by atoms with Crippen molar-refractivity contribution in [3.8, 4) is 0 Å². The Bertz CT molecular complexity index is 601. The third kappa shape index (κ3) is 2.98. The average molecular weight is 330 g/mol. The lowest BCUT2D eigenvalue weighted by atomic mass is 9.98. The van der Waals surface area contributed by atoms with Gasteiger partial charge in [0, 0.05) is 11.6 Å². The molecule has 0 spiro atoms. The molecular weight excluding hydrogens is 319 g/mol. The third-order valence-electron chi connectivity index (χ3n) is 2.84. The zero-order valence-electron chi connectivity index (χ0n) is 10.1. The third-order valence-corrected chi connectivity index (χ3v) is 3.48. The van der Waals surface area contributed by atoms with E-state index in [-0.39, 0.29) is 5.56 Å². The largest absolute Gasteiger partial charge is 0.309 e. The summed E-state index contributed by atoms with van der Waals surface area (Å²) in [7, 11) is 1.63. The number of nitrogens with one attached hydrogen (secondary N) is 1. The molecule has 19 heavy (non-hydrogen) atoms. The minimum absolute atomic E-state index is 0.269. The Labute approximate surface area is 117 Å². The van der Waals surface area contributed by atoms with Crippen LogP contribution in [0.1, 0.15) is 17.2 Å². The number of halogens is 4. The van der Waals surface area contributed by atoms with E-state index < -0.39 is 23.5 Å². The molecule has 1 nitrogen and oxygen atoms in total. The van der Waals surface area contributed by atoms with E-state index in [1.165, 1.54) is 18.2 Å². The maximum absolute atomic E-state index is 13.8. The van der Waals surface area contributed by atoms with Gasteiger partial charge in [0.15, 0.2) is 0 Å². The van der Waals surface area contributed by atoms with Crippen LogP contribution in [0.25, 0.3) is 0 Å². The lowest BCUT2D eigenvalue weighted by molar-refractivity contribution is 0.549. The fourth-order valence-corrected chi connectivity index (χ4v) is 2.18. The van der Waals surface area contributed by atoms with Crippen LogP contribution in [0.4, 0.5) is 13.2 Å². The Morgan fingerprint density at radius 2 is 1.74 bits per heavy atom.